The fourth-order valence-corrected chi connectivity index (χ4v) is 3.33. The van der Waals surface area contributed by atoms with E-state index in [1.165, 1.54) is 0 Å². The van der Waals surface area contributed by atoms with E-state index in [0.717, 1.165) is 31.0 Å². The van der Waals surface area contributed by atoms with Gasteiger partial charge in [0.05, 0.1) is 12.3 Å². The lowest BCUT2D eigenvalue weighted by Gasteiger charge is -2.29. The average molecular weight is 392 g/mol. The lowest BCUT2D eigenvalue weighted by Crippen LogP contribution is -2.53. The van der Waals surface area contributed by atoms with Crippen LogP contribution >= 0.6 is 0 Å². The second-order valence-electron chi connectivity index (χ2n) is 8.25. The number of rotatable bonds is 6. The van der Waals surface area contributed by atoms with Gasteiger partial charge in [0.1, 0.15) is 11.9 Å². The van der Waals surface area contributed by atoms with Gasteiger partial charge in [0.2, 0.25) is 5.91 Å². The maximum absolute atomic E-state index is 13.1. The molecule has 1 aromatic rings. The third-order valence-electron chi connectivity index (χ3n) is 4.84. The normalized spacial score (nSPS) is 16.5. The van der Waals surface area contributed by atoms with Crippen molar-refractivity contribution in [2.45, 2.75) is 46.3 Å². The van der Waals surface area contributed by atoms with Crippen LogP contribution in [-0.2, 0) is 22.6 Å². The Morgan fingerprint density at radius 3 is 2.64 bits per heavy atom. The Hall–Kier alpha value is -2.19. The summed E-state index contributed by atoms with van der Waals surface area (Å²) in [4.78, 5) is 32.2. The summed E-state index contributed by atoms with van der Waals surface area (Å²) in [6, 6.07) is -0.654. The third-order valence-corrected chi connectivity index (χ3v) is 4.84. The number of aromatic nitrogens is 2. The second-order valence-corrected chi connectivity index (χ2v) is 8.25. The van der Waals surface area contributed by atoms with Gasteiger partial charge in [0, 0.05) is 27.2 Å². The van der Waals surface area contributed by atoms with Crippen molar-refractivity contribution in [1.82, 2.24) is 25.1 Å². The highest BCUT2D eigenvalue weighted by atomic mass is 16.5. The van der Waals surface area contributed by atoms with Crippen LogP contribution in [0.25, 0.3) is 6.08 Å². The number of nitrogens with one attached hydrogen (secondary N) is 2. The molecule has 1 aromatic heterocycles. The highest BCUT2D eigenvalue weighted by Crippen LogP contribution is 2.23. The summed E-state index contributed by atoms with van der Waals surface area (Å²) in [6.45, 7) is 8.63. The minimum atomic E-state index is -0.654. The first-order valence-corrected chi connectivity index (χ1v) is 9.65. The molecule has 0 spiro atoms. The van der Waals surface area contributed by atoms with Crippen LogP contribution in [-0.4, -0.2) is 66.7 Å². The number of amides is 2. The maximum atomic E-state index is 13.1. The lowest BCUT2D eigenvalue weighted by molar-refractivity contribution is -0.124. The van der Waals surface area contributed by atoms with Gasteiger partial charge in [-0.15, -0.1) is 0 Å². The fourth-order valence-electron chi connectivity index (χ4n) is 3.33. The van der Waals surface area contributed by atoms with E-state index < -0.39 is 11.5 Å². The van der Waals surface area contributed by atoms with E-state index in [2.05, 4.69) is 25.1 Å². The van der Waals surface area contributed by atoms with Crippen LogP contribution in [0.4, 0.5) is 0 Å². The lowest BCUT2D eigenvalue weighted by atomic mass is 9.86. The predicted molar refractivity (Wildman–Crippen MR) is 109 cm³/mol. The standard InChI is InChI=1S/C20H33N5O3/c1-20(2,3)17(19(27)21-4)23-18(26)16-14-13-24(5)10-8-11-25(14)15(22-16)9-7-12-28-6/h7,9,17H,8,10-13H2,1-6H3,(H,21,27)(H,23,26)/b9-7+/t17-/m1/s1. The highest BCUT2D eigenvalue weighted by Gasteiger charge is 2.34. The first-order valence-electron chi connectivity index (χ1n) is 9.65. The van der Waals surface area contributed by atoms with Gasteiger partial charge in [-0.3, -0.25) is 9.59 Å². The number of fused-ring (bicyclic) bond motifs is 1. The molecule has 0 saturated heterocycles. The van der Waals surface area contributed by atoms with Gasteiger partial charge in [-0.1, -0.05) is 26.8 Å². The largest absolute Gasteiger partial charge is 0.381 e. The van der Waals surface area contributed by atoms with Crippen molar-refractivity contribution in [3.05, 3.63) is 23.3 Å². The Labute approximate surface area is 167 Å². The molecule has 156 valence electrons. The molecule has 0 saturated carbocycles. The van der Waals surface area contributed by atoms with Crippen molar-refractivity contribution in [3.63, 3.8) is 0 Å². The Morgan fingerprint density at radius 1 is 1.32 bits per heavy atom. The highest BCUT2D eigenvalue weighted by molar-refractivity contribution is 5.97. The van der Waals surface area contributed by atoms with Gasteiger partial charge in [0.15, 0.2) is 5.69 Å². The number of hydrogen-bond acceptors (Lipinski definition) is 5. The molecule has 1 aliphatic heterocycles. The number of ether oxygens (including phenoxy) is 1. The zero-order valence-corrected chi connectivity index (χ0v) is 17.8. The molecule has 0 fully saturated rings. The molecule has 2 amide bonds. The van der Waals surface area contributed by atoms with Crippen molar-refractivity contribution >= 4 is 17.9 Å². The number of hydrogen-bond donors (Lipinski definition) is 2. The molecule has 1 atom stereocenters. The van der Waals surface area contributed by atoms with Crippen LogP contribution in [0.1, 0.15) is 49.2 Å². The van der Waals surface area contributed by atoms with Crippen LogP contribution in [0.3, 0.4) is 0 Å². The smallest absolute Gasteiger partial charge is 0.272 e. The monoisotopic (exact) mass is 391 g/mol. The Morgan fingerprint density at radius 2 is 2.04 bits per heavy atom. The summed E-state index contributed by atoms with van der Waals surface area (Å²) in [7, 11) is 5.24. The minimum Gasteiger partial charge on any atom is -0.381 e. The number of likely N-dealkylation sites (N-methyl/N-ethyl adjacent to an activating group) is 1. The van der Waals surface area contributed by atoms with Crippen LogP contribution in [0.5, 0.6) is 0 Å². The number of carbonyl (C=O) groups excluding carboxylic acids is 2. The number of nitrogens with zero attached hydrogens (tertiary/aromatic N) is 3. The summed E-state index contributed by atoms with van der Waals surface area (Å²) in [5, 5.41) is 5.53. The van der Waals surface area contributed by atoms with Crippen molar-refractivity contribution < 1.29 is 14.3 Å². The first kappa shape index (κ1) is 22.1. The zero-order valence-electron chi connectivity index (χ0n) is 17.8. The number of methoxy groups -OCH3 is 1. The molecule has 0 radical (unpaired) electrons. The zero-order chi connectivity index (χ0) is 20.9. The van der Waals surface area contributed by atoms with Crippen LogP contribution in [0, 0.1) is 5.41 Å². The molecule has 2 heterocycles. The van der Waals surface area contributed by atoms with Crippen LogP contribution in [0.2, 0.25) is 0 Å². The number of imidazole rings is 1. The molecule has 0 unspecified atom stereocenters. The van der Waals surface area contributed by atoms with E-state index in [1.54, 1.807) is 14.2 Å². The molecule has 8 nitrogen and oxygen atoms in total. The van der Waals surface area contributed by atoms with E-state index >= 15 is 0 Å². The molecule has 2 rings (SSSR count). The van der Waals surface area contributed by atoms with Gasteiger partial charge in [-0.05, 0) is 31.5 Å². The van der Waals surface area contributed by atoms with E-state index in [-0.39, 0.29) is 11.8 Å². The third kappa shape index (κ3) is 5.20. The van der Waals surface area contributed by atoms with Crippen molar-refractivity contribution in [2.75, 3.05) is 34.4 Å². The average Bonchev–Trinajstić information content (AvgIpc) is 2.83. The molecule has 0 aliphatic carbocycles. The van der Waals surface area contributed by atoms with Gasteiger partial charge in [0.25, 0.3) is 5.91 Å². The Kier molecular flexibility index (Phi) is 7.37. The molecular formula is C20H33N5O3. The van der Waals surface area contributed by atoms with E-state index in [9.17, 15) is 9.59 Å². The van der Waals surface area contributed by atoms with Gasteiger partial charge < -0.3 is 24.8 Å². The predicted octanol–water partition coefficient (Wildman–Crippen LogP) is 1.27. The second kappa shape index (κ2) is 9.34. The van der Waals surface area contributed by atoms with Crippen molar-refractivity contribution in [1.29, 1.82) is 0 Å². The summed E-state index contributed by atoms with van der Waals surface area (Å²) in [5.41, 5.74) is 0.827. The van der Waals surface area contributed by atoms with Gasteiger partial charge in [-0.25, -0.2) is 4.98 Å². The summed E-state index contributed by atoms with van der Waals surface area (Å²) < 4.78 is 7.17. The molecular weight excluding hydrogens is 358 g/mol. The van der Waals surface area contributed by atoms with Crippen LogP contribution in [0.15, 0.2) is 6.08 Å². The van der Waals surface area contributed by atoms with E-state index in [4.69, 9.17) is 4.74 Å². The molecule has 1 aliphatic rings. The first-order chi connectivity index (χ1) is 13.2. The van der Waals surface area contributed by atoms with E-state index in [1.807, 2.05) is 40.0 Å². The summed E-state index contributed by atoms with van der Waals surface area (Å²) in [5.74, 6) is 0.192. The molecule has 8 heteroatoms. The summed E-state index contributed by atoms with van der Waals surface area (Å²) in [6.07, 6.45) is 4.75. The molecule has 0 bridgehead atoms. The Bertz CT molecular complexity index is 733. The van der Waals surface area contributed by atoms with Crippen molar-refractivity contribution in [2.24, 2.45) is 5.41 Å². The summed E-state index contributed by atoms with van der Waals surface area (Å²) >= 11 is 0. The van der Waals surface area contributed by atoms with Crippen LogP contribution < -0.4 is 10.6 Å². The van der Waals surface area contributed by atoms with E-state index in [0.29, 0.717) is 18.8 Å². The fraction of sp³-hybridized carbons (Fsp3) is 0.650. The van der Waals surface area contributed by atoms with Gasteiger partial charge in [-0.2, -0.15) is 0 Å². The van der Waals surface area contributed by atoms with Crippen molar-refractivity contribution in [3.8, 4) is 0 Å². The number of carbonyl (C=O) groups is 2. The topological polar surface area (TPSA) is 88.5 Å². The van der Waals surface area contributed by atoms with Gasteiger partial charge >= 0.3 is 0 Å². The molecule has 2 N–H and O–H groups in total. The maximum Gasteiger partial charge on any atom is 0.272 e. The SMILES string of the molecule is CNC(=O)[C@@H](NC(=O)c1nc(/C=C/COC)n2c1CN(C)CCC2)C(C)(C)C. The Balaban J connectivity index is 2.40. The quantitative estimate of drug-likeness (QED) is 0.762. The molecule has 0 aromatic carbocycles. The molecule has 28 heavy (non-hydrogen) atoms. The minimum absolute atomic E-state index is 0.219.